The number of hydrogen-bond acceptors (Lipinski definition) is 4. The van der Waals surface area contributed by atoms with Gasteiger partial charge in [0, 0.05) is 31.5 Å². The van der Waals surface area contributed by atoms with Crippen molar-refractivity contribution in [2.24, 2.45) is 16.3 Å². The van der Waals surface area contributed by atoms with Gasteiger partial charge in [0.2, 0.25) is 5.91 Å². The summed E-state index contributed by atoms with van der Waals surface area (Å²) < 4.78 is 0. The molecule has 0 aromatic heterocycles. The van der Waals surface area contributed by atoms with Gasteiger partial charge < -0.3 is 21.2 Å². The topological polar surface area (TPSA) is 91.0 Å². The molecule has 0 unspecified atom stereocenters. The number of nitrogens with two attached hydrogens (primary N) is 1. The lowest BCUT2D eigenvalue weighted by Crippen LogP contribution is -2.36. The zero-order valence-electron chi connectivity index (χ0n) is 12.6. The minimum Gasteiger partial charge on any atom is -0.409 e. The first-order chi connectivity index (χ1) is 8.88. The molecule has 19 heavy (non-hydrogen) atoms. The van der Waals surface area contributed by atoms with Crippen LogP contribution in [0, 0.1) is 5.41 Å². The number of nitrogens with zero attached hydrogens (tertiary/aromatic N) is 2. The molecule has 0 saturated heterocycles. The highest BCUT2D eigenvalue weighted by molar-refractivity contribution is 5.85. The molecule has 0 heterocycles. The van der Waals surface area contributed by atoms with Crippen molar-refractivity contribution in [2.45, 2.75) is 40.5 Å². The quantitative estimate of drug-likeness (QED) is 0.192. The smallest absolute Gasteiger partial charge is 0.223 e. The van der Waals surface area contributed by atoms with E-state index in [9.17, 15) is 4.79 Å². The van der Waals surface area contributed by atoms with Crippen molar-refractivity contribution < 1.29 is 10.0 Å². The van der Waals surface area contributed by atoms with Gasteiger partial charge in [0.05, 0.1) is 0 Å². The minimum atomic E-state index is -0.343. The van der Waals surface area contributed by atoms with Gasteiger partial charge in [-0.25, -0.2) is 0 Å². The fourth-order valence-corrected chi connectivity index (χ4v) is 1.72. The number of oxime groups is 1. The van der Waals surface area contributed by atoms with E-state index in [1.807, 2.05) is 32.6 Å². The average Bonchev–Trinajstić information content (AvgIpc) is 2.38. The molecule has 0 aliphatic rings. The largest absolute Gasteiger partial charge is 0.409 e. The van der Waals surface area contributed by atoms with Crippen molar-refractivity contribution in [3.8, 4) is 0 Å². The molecular formula is C13H28N4O2. The Balaban J connectivity index is 3.85. The summed E-state index contributed by atoms with van der Waals surface area (Å²) >= 11 is 0. The molecule has 0 bridgehead atoms. The van der Waals surface area contributed by atoms with Crippen molar-refractivity contribution in [2.75, 3.05) is 26.2 Å². The van der Waals surface area contributed by atoms with Crippen molar-refractivity contribution in [1.29, 1.82) is 0 Å². The summed E-state index contributed by atoms with van der Waals surface area (Å²) in [6.07, 6.45) is 1.26. The van der Waals surface area contributed by atoms with Crippen LogP contribution in [0.15, 0.2) is 5.16 Å². The molecule has 6 heteroatoms. The van der Waals surface area contributed by atoms with Crippen LogP contribution >= 0.6 is 0 Å². The third kappa shape index (κ3) is 6.42. The number of amides is 1. The van der Waals surface area contributed by atoms with E-state index in [0.717, 1.165) is 26.1 Å². The van der Waals surface area contributed by atoms with Gasteiger partial charge in [-0.1, -0.05) is 19.0 Å². The lowest BCUT2D eigenvalue weighted by Gasteiger charge is -2.23. The molecule has 1 amide bonds. The molecule has 0 aliphatic heterocycles. The number of carbonyl (C=O) groups is 1. The van der Waals surface area contributed by atoms with Gasteiger partial charge in [-0.15, -0.1) is 0 Å². The summed E-state index contributed by atoms with van der Waals surface area (Å²) in [6, 6.07) is 0. The Hall–Kier alpha value is -1.30. The third-order valence-corrected chi connectivity index (χ3v) is 3.36. The molecule has 112 valence electrons. The summed E-state index contributed by atoms with van der Waals surface area (Å²) in [5.41, 5.74) is 5.26. The Morgan fingerprint density at radius 2 is 1.89 bits per heavy atom. The van der Waals surface area contributed by atoms with Gasteiger partial charge in [0.15, 0.2) is 0 Å². The molecule has 0 aliphatic carbocycles. The van der Waals surface area contributed by atoms with Crippen LogP contribution in [0.25, 0.3) is 0 Å². The van der Waals surface area contributed by atoms with Crippen LogP contribution in [0.1, 0.15) is 40.5 Å². The van der Waals surface area contributed by atoms with Crippen LogP contribution in [-0.4, -0.2) is 48.0 Å². The first-order valence-corrected chi connectivity index (χ1v) is 6.85. The molecule has 0 radical (unpaired) electrons. The zero-order valence-corrected chi connectivity index (χ0v) is 12.6. The number of rotatable bonds is 9. The molecule has 0 aromatic rings. The normalized spacial score (nSPS) is 12.5. The average molecular weight is 272 g/mol. The van der Waals surface area contributed by atoms with E-state index in [-0.39, 0.29) is 17.2 Å². The van der Waals surface area contributed by atoms with Crippen LogP contribution in [0.5, 0.6) is 0 Å². The van der Waals surface area contributed by atoms with Crippen LogP contribution in [0.2, 0.25) is 0 Å². The van der Waals surface area contributed by atoms with E-state index < -0.39 is 0 Å². The van der Waals surface area contributed by atoms with E-state index in [4.69, 9.17) is 10.9 Å². The molecule has 0 fully saturated rings. The van der Waals surface area contributed by atoms with Crippen LogP contribution < -0.4 is 11.1 Å². The van der Waals surface area contributed by atoms with Gasteiger partial charge in [0.25, 0.3) is 0 Å². The lowest BCUT2D eigenvalue weighted by molar-refractivity contribution is -0.130. The Morgan fingerprint density at radius 1 is 1.32 bits per heavy atom. The van der Waals surface area contributed by atoms with Crippen molar-refractivity contribution in [3.63, 3.8) is 0 Å². The predicted octanol–water partition coefficient (Wildman–Crippen LogP) is 0.997. The van der Waals surface area contributed by atoms with Gasteiger partial charge in [-0.2, -0.15) is 0 Å². The predicted molar refractivity (Wildman–Crippen MR) is 77.2 cm³/mol. The molecule has 0 spiro atoms. The first kappa shape index (κ1) is 17.7. The molecule has 6 nitrogen and oxygen atoms in total. The Labute approximate surface area is 116 Å². The molecule has 0 saturated carbocycles. The summed E-state index contributed by atoms with van der Waals surface area (Å²) in [6.45, 7) is 10.7. The maximum atomic E-state index is 11.7. The van der Waals surface area contributed by atoms with Gasteiger partial charge in [-0.05, 0) is 26.8 Å². The van der Waals surface area contributed by atoms with E-state index in [0.29, 0.717) is 13.0 Å². The van der Waals surface area contributed by atoms with Crippen LogP contribution in [-0.2, 0) is 4.79 Å². The maximum absolute atomic E-state index is 11.7. The van der Waals surface area contributed by atoms with E-state index in [1.54, 1.807) is 0 Å². The molecule has 0 rings (SSSR count). The van der Waals surface area contributed by atoms with E-state index in [2.05, 4.69) is 10.5 Å². The standard InChI is InChI=1S/C13H28N4O2/c1-5-17(6-2)11(18)7-9-15-10-8-13(3,4)12(14)16-19/h15,19H,5-10H2,1-4H3,(H2,14,16). The highest BCUT2D eigenvalue weighted by Crippen LogP contribution is 2.19. The van der Waals surface area contributed by atoms with Crippen LogP contribution in [0.3, 0.4) is 0 Å². The minimum absolute atomic E-state index is 0.174. The molecule has 0 aromatic carbocycles. The SMILES string of the molecule is CCN(CC)C(=O)CCNCCC(C)(C)C(N)=NO. The van der Waals surface area contributed by atoms with E-state index in [1.165, 1.54) is 0 Å². The number of nitrogens with one attached hydrogen (secondary N) is 1. The second-order valence-corrected chi connectivity index (χ2v) is 5.19. The summed E-state index contributed by atoms with van der Waals surface area (Å²) in [5, 5.41) is 14.9. The number of amidine groups is 1. The second-order valence-electron chi connectivity index (χ2n) is 5.19. The van der Waals surface area contributed by atoms with Crippen molar-refractivity contribution >= 4 is 11.7 Å². The first-order valence-electron chi connectivity index (χ1n) is 6.85. The van der Waals surface area contributed by atoms with Crippen LogP contribution in [0.4, 0.5) is 0 Å². The van der Waals surface area contributed by atoms with Crippen molar-refractivity contribution in [1.82, 2.24) is 10.2 Å². The Bertz CT molecular complexity index is 299. The van der Waals surface area contributed by atoms with Gasteiger partial charge in [0.1, 0.15) is 5.84 Å². The summed E-state index contributed by atoms with van der Waals surface area (Å²) in [5.74, 6) is 0.404. The molecule has 4 N–H and O–H groups in total. The van der Waals surface area contributed by atoms with Gasteiger partial charge >= 0.3 is 0 Å². The Kier molecular flexibility index (Phi) is 8.14. The fourth-order valence-electron chi connectivity index (χ4n) is 1.72. The Morgan fingerprint density at radius 3 is 2.37 bits per heavy atom. The lowest BCUT2D eigenvalue weighted by atomic mass is 9.88. The second kappa shape index (κ2) is 8.74. The zero-order chi connectivity index (χ0) is 14.9. The van der Waals surface area contributed by atoms with E-state index >= 15 is 0 Å². The van der Waals surface area contributed by atoms with Crippen molar-refractivity contribution in [3.05, 3.63) is 0 Å². The highest BCUT2D eigenvalue weighted by Gasteiger charge is 2.22. The third-order valence-electron chi connectivity index (χ3n) is 3.36. The number of hydrogen-bond donors (Lipinski definition) is 3. The highest BCUT2D eigenvalue weighted by atomic mass is 16.4. The van der Waals surface area contributed by atoms with Gasteiger partial charge in [-0.3, -0.25) is 4.79 Å². The maximum Gasteiger partial charge on any atom is 0.223 e. The summed E-state index contributed by atoms with van der Waals surface area (Å²) in [7, 11) is 0. The molecule has 0 atom stereocenters. The number of carbonyl (C=O) groups excluding carboxylic acids is 1. The summed E-state index contributed by atoms with van der Waals surface area (Å²) in [4.78, 5) is 13.6. The fraction of sp³-hybridized carbons (Fsp3) is 0.846. The monoisotopic (exact) mass is 272 g/mol. The molecular weight excluding hydrogens is 244 g/mol.